The molecule has 1 aliphatic heterocycles. The SMILES string of the molecule is C=CC1CC(=O)N(c2ccc(Cl)c(O)c2)C1. The molecule has 0 bridgehead atoms. The Kier molecular flexibility index (Phi) is 2.88. The second kappa shape index (κ2) is 4.18. The molecule has 0 saturated carbocycles. The minimum Gasteiger partial charge on any atom is -0.506 e. The van der Waals surface area contributed by atoms with Crippen molar-refractivity contribution in [1.29, 1.82) is 0 Å². The number of aromatic hydroxyl groups is 1. The first-order valence-electron chi connectivity index (χ1n) is 5.03. The van der Waals surface area contributed by atoms with Gasteiger partial charge in [0.1, 0.15) is 5.75 Å². The summed E-state index contributed by atoms with van der Waals surface area (Å²) in [6, 6.07) is 4.82. The van der Waals surface area contributed by atoms with E-state index in [1.165, 1.54) is 6.07 Å². The van der Waals surface area contributed by atoms with Crippen LogP contribution in [0.2, 0.25) is 5.02 Å². The van der Waals surface area contributed by atoms with Crippen molar-refractivity contribution in [2.24, 2.45) is 5.92 Å². The van der Waals surface area contributed by atoms with E-state index in [9.17, 15) is 9.90 Å². The smallest absolute Gasteiger partial charge is 0.227 e. The van der Waals surface area contributed by atoms with Crippen LogP contribution in [0.4, 0.5) is 5.69 Å². The van der Waals surface area contributed by atoms with Crippen LogP contribution in [-0.2, 0) is 4.79 Å². The molecule has 1 N–H and O–H groups in total. The van der Waals surface area contributed by atoms with E-state index in [0.717, 1.165) is 0 Å². The Labute approximate surface area is 98.9 Å². The van der Waals surface area contributed by atoms with E-state index < -0.39 is 0 Å². The molecule has 4 heteroatoms. The van der Waals surface area contributed by atoms with Gasteiger partial charge in [-0.15, -0.1) is 6.58 Å². The first-order valence-corrected chi connectivity index (χ1v) is 5.41. The van der Waals surface area contributed by atoms with Gasteiger partial charge in [0, 0.05) is 30.6 Å². The summed E-state index contributed by atoms with van der Waals surface area (Å²) in [6.45, 7) is 4.30. The van der Waals surface area contributed by atoms with Gasteiger partial charge in [-0.2, -0.15) is 0 Å². The van der Waals surface area contributed by atoms with Crippen LogP contribution in [0.25, 0.3) is 0 Å². The molecule has 1 fully saturated rings. The molecule has 1 unspecified atom stereocenters. The molecular weight excluding hydrogens is 226 g/mol. The van der Waals surface area contributed by atoms with Gasteiger partial charge in [-0.25, -0.2) is 0 Å². The summed E-state index contributed by atoms with van der Waals surface area (Å²) in [6.07, 6.45) is 2.26. The molecule has 84 valence electrons. The van der Waals surface area contributed by atoms with Gasteiger partial charge in [-0.05, 0) is 12.1 Å². The monoisotopic (exact) mass is 237 g/mol. The van der Waals surface area contributed by atoms with Crippen LogP contribution in [0.15, 0.2) is 30.9 Å². The number of hydrogen-bond donors (Lipinski definition) is 1. The summed E-state index contributed by atoms with van der Waals surface area (Å²) in [5.41, 5.74) is 0.677. The summed E-state index contributed by atoms with van der Waals surface area (Å²) in [5, 5.41) is 9.77. The molecule has 16 heavy (non-hydrogen) atoms. The van der Waals surface area contributed by atoms with Crippen molar-refractivity contribution < 1.29 is 9.90 Å². The van der Waals surface area contributed by atoms with E-state index in [4.69, 9.17) is 11.6 Å². The Hall–Kier alpha value is -1.48. The molecular formula is C12H12ClNO2. The van der Waals surface area contributed by atoms with Crippen LogP contribution in [0.3, 0.4) is 0 Å². The third-order valence-corrected chi connectivity index (χ3v) is 3.05. The van der Waals surface area contributed by atoms with Gasteiger partial charge >= 0.3 is 0 Å². The molecule has 1 atom stereocenters. The van der Waals surface area contributed by atoms with Crippen LogP contribution >= 0.6 is 11.6 Å². The summed E-state index contributed by atoms with van der Waals surface area (Å²) < 4.78 is 0. The van der Waals surface area contributed by atoms with Crippen molar-refractivity contribution in [3.8, 4) is 5.75 Å². The molecule has 1 amide bonds. The van der Waals surface area contributed by atoms with Crippen LogP contribution in [0.1, 0.15) is 6.42 Å². The van der Waals surface area contributed by atoms with Crippen LogP contribution < -0.4 is 4.90 Å². The maximum atomic E-state index is 11.7. The maximum Gasteiger partial charge on any atom is 0.227 e. The molecule has 1 saturated heterocycles. The molecule has 1 aliphatic rings. The Bertz CT molecular complexity index is 445. The van der Waals surface area contributed by atoms with Crippen molar-refractivity contribution in [2.45, 2.75) is 6.42 Å². The fourth-order valence-corrected chi connectivity index (χ4v) is 1.93. The highest BCUT2D eigenvalue weighted by Gasteiger charge is 2.28. The number of anilines is 1. The predicted octanol–water partition coefficient (Wildman–Crippen LogP) is 2.58. The number of hydrogen-bond acceptors (Lipinski definition) is 2. The number of phenolic OH excluding ortho intramolecular Hbond substituents is 1. The van der Waals surface area contributed by atoms with E-state index in [-0.39, 0.29) is 22.6 Å². The average molecular weight is 238 g/mol. The maximum absolute atomic E-state index is 11.7. The van der Waals surface area contributed by atoms with Gasteiger partial charge in [-0.3, -0.25) is 4.79 Å². The number of amides is 1. The molecule has 0 aromatic heterocycles. The molecule has 0 spiro atoms. The largest absolute Gasteiger partial charge is 0.506 e. The van der Waals surface area contributed by atoms with E-state index in [1.807, 2.05) is 0 Å². The van der Waals surface area contributed by atoms with E-state index in [0.29, 0.717) is 18.7 Å². The number of phenols is 1. The first-order chi connectivity index (χ1) is 7.61. The van der Waals surface area contributed by atoms with Gasteiger partial charge in [-0.1, -0.05) is 17.7 Å². The quantitative estimate of drug-likeness (QED) is 0.804. The second-order valence-corrected chi connectivity index (χ2v) is 4.25. The number of rotatable bonds is 2. The summed E-state index contributed by atoms with van der Waals surface area (Å²) in [4.78, 5) is 13.3. The molecule has 1 heterocycles. The number of carbonyl (C=O) groups excluding carboxylic acids is 1. The van der Waals surface area contributed by atoms with Crippen molar-refractivity contribution in [3.63, 3.8) is 0 Å². The third kappa shape index (κ3) is 1.91. The van der Waals surface area contributed by atoms with Gasteiger partial charge < -0.3 is 10.0 Å². The lowest BCUT2D eigenvalue weighted by Crippen LogP contribution is -2.24. The van der Waals surface area contributed by atoms with Crippen molar-refractivity contribution >= 4 is 23.2 Å². The van der Waals surface area contributed by atoms with E-state index in [2.05, 4.69) is 6.58 Å². The lowest BCUT2D eigenvalue weighted by atomic mass is 10.1. The Morgan fingerprint density at radius 2 is 2.31 bits per heavy atom. The second-order valence-electron chi connectivity index (χ2n) is 3.84. The number of carbonyl (C=O) groups is 1. The fraction of sp³-hybridized carbons (Fsp3) is 0.250. The highest BCUT2D eigenvalue weighted by molar-refractivity contribution is 6.32. The molecule has 0 radical (unpaired) electrons. The Morgan fingerprint density at radius 1 is 1.56 bits per heavy atom. The van der Waals surface area contributed by atoms with Crippen LogP contribution in [-0.4, -0.2) is 17.6 Å². The molecule has 0 aliphatic carbocycles. The summed E-state index contributed by atoms with van der Waals surface area (Å²) in [5.74, 6) is 0.228. The minimum absolute atomic E-state index is 0.00554. The molecule has 2 rings (SSSR count). The number of halogens is 1. The predicted molar refractivity (Wildman–Crippen MR) is 63.8 cm³/mol. The first kappa shape index (κ1) is 11.0. The summed E-state index contributed by atoms with van der Waals surface area (Å²) in [7, 11) is 0. The molecule has 1 aromatic carbocycles. The van der Waals surface area contributed by atoms with E-state index >= 15 is 0 Å². The Balaban J connectivity index is 2.27. The minimum atomic E-state index is -0.00554. The molecule has 3 nitrogen and oxygen atoms in total. The normalized spacial score (nSPS) is 20.2. The van der Waals surface area contributed by atoms with Crippen molar-refractivity contribution in [3.05, 3.63) is 35.9 Å². The van der Waals surface area contributed by atoms with Gasteiger partial charge in [0.05, 0.1) is 5.02 Å². The Morgan fingerprint density at radius 3 is 2.88 bits per heavy atom. The van der Waals surface area contributed by atoms with Crippen molar-refractivity contribution in [1.82, 2.24) is 0 Å². The highest BCUT2D eigenvalue weighted by atomic mass is 35.5. The summed E-state index contributed by atoms with van der Waals surface area (Å²) >= 11 is 5.71. The lowest BCUT2D eigenvalue weighted by Gasteiger charge is -2.16. The number of benzene rings is 1. The van der Waals surface area contributed by atoms with Crippen LogP contribution in [0.5, 0.6) is 5.75 Å². The zero-order valence-corrected chi connectivity index (χ0v) is 9.44. The van der Waals surface area contributed by atoms with Gasteiger partial charge in [0.15, 0.2) is 0 Å². The van der Waals surface area contributed by atoms with E-state index in [1.54, 1.807) is 23.1 Å². The molecule has 1 aromatic rings. The average Bonchev–Trinajstić information content (AvgIpc) is 2.64. The topological polar surface area (TPSA) is 40.5 Å². The lowest BCUT2D eigenvalue weighted by molar-refractivity contribution is -0.117. The highest BCUT2D eigenvalue weighted by Crippen LogP contribution is 2.31. The number of nitrogens with zero attached hydrogens (tertiary/aromatic N) is 1. The van der Waals surface area contributed by atoms with Crippen LogP contribution in [0, 0.1) is 5.92 Å². The standard InChI is InChI=1S/C12H12ClNO2/c1-2-8-5-12(16)14(7-8)9-3-4-10(13)11(15)6-9/h2-4,6,8,15H,1,5,7H2. The zero-order valence-electron chi connectivity index (χ0n) is 8.69. The van der Waals surface area contributed by atoms with Gasteiger partial charge in [0.2, 0.25) is 5.91 Å². The third-order valence-electron chi connectivity index (χ3n) is 2.73. The van der Waals surface area contributed by atoms with Crippen molar-refractivity contribution in [2.75, 3.05) is 11.4 Å². The zero-order chi connectivity index (χ0) is 11.7. The van der Waals surface area contributed by atoms with Gasteiger partial charge in [0.25, 0.3) is 0 Å². The fourth-order valence-electron chi connectivity index (χ4n) is 1.81.